The maximum Gasteiger partial charge on any atom is 0.245 e. The number of hydrogen-bond acceptors (Lipinski definition) is 1. The number of likely N-dealkylation sites (N-methyl/N-ethyl adjacent to an activating group) is 1. The average Bonchev–Trinajstić information content (AvgIpc) is 2.02. The minimum atomic E-state index is 0.0692. The predicted molar refractivity (Wildman–Crippen MR) is 61.1 cm³/mol. The van der Waals surface area contributed by atoms with E-state index in [1.165, 1.54) is 5.57 Å². The lowest BCUT2D eigenvalue weighted by Crippen LogP contribution is -2.19. The molecule has 0 saturated heterocycles. The highest BCUT2D eigenvalue weighted by molar-refractivity contribution is 5.87. The molecule has 0 aliphatic carbocycles. The van der Waals surface area contributed by atoms with Crippen LogP contribution in [0.15, 0.2) is 23.3 Å². The summed E-state index contributed by atoms with van der Waals surface area (Å²) >= 11 is 0. The Bertz CT molecular complexity index is 245. The second-order valence-corrected chi connectivity index (χ2v) is 4.04. The van der Waals surface area contributed by atoms with Crippen molar-refractivity contribution in [2.45, 2.75) is 33.6 Å². The lowest BCUT2D eigenvalue weighted by molar-refractivity contribution is -0.123. The number of carbonyl (C=O) groups excluding carboxylic acids is 1. The molecule has 0 spiro atoms. The van der Waals surface area contributed by atoms with Crippen LogP contribution >= 0.6 is 0 Å². The van der Waals surface area contributed by atoms with Crippen LogP contribution in [0.1, 0.15) is 33.6 Å². The Morgan fingerprint density at radius 1 is 1.21 bits per heavy atom. The highest BCUT2D eigenvalue weighted by atomic mass is 16.2. The van der Waals surface area contributed by atoms with Crippen LogP contribution in [0.25, 0.3) is 0 Å². The first kappa shape index (κ1) is 12.9. The van der Waals surface area contributed by atoms with Gasteiger partial charge in [0.2, 0.25) is 5.91 Å². The monoisotopic (exact) mass is 195 g/mol. The summed E-state index contributed by atoms with van der Waals surface area (Å²) in [6.07, 6.45) is 5.88. The van der Waals surface area contributed by atoms with Crippen molar-refractivity contribution in [1.29, 1.82) is 0 Å². The number of hydrogen-bond donors (Lipinski definition) is 0. The molecule has 1 amide bonds. The number of rotatable bonds is 4. The first-order chi connectivity index (χ1) is 6.43. The van der Waals surface area contributed by atoms with Gasteiger partial charge in [0.1, 0.15) is 0 Å². The zero-order valence-corrected chi connectivity index (χ0v) is 9.92. The van der Waals surface area contributed by atoms with Crippen LogP contribution in [-0.2, 0) is 4.79 Å². The zero-order valence-electron chi connectivity index (χ0n) is 9.92. The topological polar surface area (TPSA) is 20.3 Å². The Balaban J connectivity index is 4.02. The molecule has 0 aromatic carbocycles. The molecule has 0 radical (unpaired) electrons. The highest BCUT2D eigenvalue weighted by Gasteiger charge is 1.99. The Morgan fingerprint density at radius 3 is 2.21 bits per heavy atom. The molecule has 0 atom stereocenters. The third-order valence-electron chi connectivity index (χ3n) is 1.90. The first-order valence-electron chi connectivity index (χ1n) is 4.95. The van der Waals surface area contributed by atoms with Crippen molar-refractivity contribution in [1.82, 2.24) is 4.90 Å². The van der Waals surface area contributed by atoms with Crippen molar-refractivity contribution < 1.29 is 4.79 Å². The molecule has 0 bridgehead atoms. The molecule has 80 valence electrons. The molecule has 0 aromatic heterocycles. The van der Waals surface area contributed by atoms with Crippen LogP contribution in [0.3, 0.4) is 0 Å². The first-order valence-corrected chi connectivity index (χ1v) is 4.95. The molecule has 0 fully saturated rings. The quantitative estimate of drug-likeness (QED) is 0.499. The summed E-state index contributed by atoms with van der Waals surface area (Å²) in [6.45, 7) is 6.17. The van der Waals surface area contributed by atoms with E-state index in [1.54, 1.807) is 25.1 Å². The molecule has 0 aliphatic rings. The molecule has 0 saturated carbocycles. The fraction of sp³-hybridized carbons (Fsp3) is 0.583. The van der Waals surface area contributed by atoms with E-state index in [4.69, 9.17) is 0 Å². The van der Waals surface area contributed by atoms with E-state index in [0.717, 1.165) is 18.4 Å². The van der Waals surface area contributed by atoms with Gasteiger partial charge in [-0.1, -0.05) is 17.2 Å². The van der Waals surface area contributed by atoms with Crippen molar-refractivity contribution in [2.24, 2.45) is 0 Å². The third kappa shape index (κ3) is 6.46. The molecule has 0 aliphatic heterocycles. The van der Waals surface area contributed by atoms with Gasteiger partial charge >= 0.3 is 0 Å². The highest BCUT2D eigenvalue weighted by Crippen LogP contribution is 2.06. The van der Waals surface area contributed by atoms with Gasteiger partial charge in [-0.2, -0.15) is 0 Å². The lowest BCUT2D eigenvalue weighted by Gasteiger charge is -2.07. The maximum absolute atomic E-state index is 11.3. The summed E-state index contributed by atoms with van der Waals surface area (Å²) in [5.41, 5.74) is 2.47. The van der Waals surface area contributed by atoms with Crippen LogP contribution < -0.4 is 0 Å². The molecule has 2 heteroatoms. The maximum atomic E-state index is 11.3. The Labute approximate surface area is 87.3 Å². The minimum absolute atomic E-state index is 0.0692. The van der Waals surface area contributed by atoms with Gasteiger partial charge in [-0.3, -0.25) is 4.79 Å². The van der Waals surface area contributed by atoms with E-state index in [1.807, 2.05) is 6.92 Å². The van der Waals surface area contributed by atoms with Crippen molar-refractivity contribution in [2.75, 3.05) is 14.1 Å². The summed E-state index contributed by atoms with van der Waals surface area (Å²) in [5, 5.41) is 0. The Kier molecular flexibility index (Phi) is 5.93. The van der Waals surface area contributed by atoms with Crippen LogP contribution in [0.2, 0.25) is 0 Å². The van der Waals surface area contributed by atoms with Gasteiger partial charge in [-0.15, -0.1) is 0 Å². The SMILES string of the molecule is CC(C)=CCC/C(C)=C\C(=O)N(C)C. The fourth-order valence-electron chi connectivity index (χ4n) is 1.00. The molecule has 0 aromatic rings. The summed E-state index contributed by atoms with van der Waals surface area (Å²) in [5.74, 6) is 0.0692. The molecule has 2 nitrogen and oxygen atoms in total. The van der Waals surface area contributed by atoms with E-state index in [0.29, 0.717) is 0 Å². The molecule has 14 heavy (non-hydrogen) atoms. The van der Waals surface area contributed by atoms with Gasteiger partial charge < -0.3 is 4.90 Å². The normalized spacial score (nSPS) is 11.1. The van der Waals surface area contributed by atoms with Gasteiger partial charge in [-0.25, -0.2) is 0 Å². The van der Waals surface area contributed by atoms with Crippen molar-refractivity contribution in [3.63, 3.8) is 0 Å². The van der Waals surface area contributed by atoms with E-state index < -0.39 is 0 Å². The van der Waals surface area contributed by atoms with Gasteiger partial charge in [0.05, 0.1) is 0 Å². The number of nitrogens with zero attached hydrogens (tertiary/aromatic N) is 1. The average molecular weight is 195 g/mol. The smallest absolute Gasteiger partial charge is 0.245 e. The molecule has 0 heterocycles. The zero-order chi connectivity index (χ0) is 11.1. The van der Waals surface area contributed by atoms with Crippen LogP contribution in [0, 0.1) is 0 Å². The molecule has 0 rings (SSSR count). The van der Waals surface area contributed by atoms with E-state index >= 15 is 0 Å². The molecule has 0 N–H and O–H groups in total. The van der Waals surface area contributed by atoms with Gasteiger partial charge in [0, 0.05) is 20.2 Å². The Hall–Kier alpha value is -1.05. The largest absolute Gasteiger partial charge is 0.345 e. The second-order valence-electron chi connectivity index (χ2n) is 4.04. The van der Waals surface area contributed by atoms with Crippen LogP contribution in [0.4, 0.5) is 0 Å². The van der Waals surface area contributed by atoms with Gasteiger partial charge in [0.25, 0.3) is 0 Å². The molecule has 0 unspecified atom stereocenters. The summed E-state index contributed by atoms with van der Waals surface area (Å²) in [6, 6.07) is 0. The predicted octanol–water partition coefficient (Wildman–Crippen LogP) is 2.77. The summed E-state index contributed by atoms with van der Waals surface area (Å²) in [4.78, 5) is 12.9. The summed E-state index contributed by atoms with van der Waals surface area (Å²) in [7, 11) is 3.53. The Morgan fingerprint density at radius 2 is 1.79 bits per heavy atom. The minimum Gasteiger partial charge on any atom is -0.345 e. The molecular weight excluding hydrogens is 174 g/mol. The lowest BCUT2D eigenvalue weighted by atomic mass is 10.1. The standard InChI is InChI=1S/C12H21NO/c1-10(2)7-6-8-11(3)9-12(14)13(4)5/h7,9H,6,8H2,1-5H3/b11-9-. The number of allylic oxidation sites excluding steroid dienone is 3. The van der Waals surface area contributed by atoms with Crippen molar-refractivity contribution >= 4 is 5.91 Å². The van der Waals surface area contributed by atoms with Gasteiger partial charge in [0.15, 0.2) is 0 Å². The summed E-state index contributed by atoms with van der Waals surface area (Å²) < 4.78 is 0. The van der Waals surface area contributed by atoms with Crippen molar-refractivity contribution in [3.8, 4) is 0 Å². The fourth-order valence-corrected chi connectivity index (χ4v) is 1.00. The second kappa shape index (κ2) is 6.41. The number of carbonyl (C=O) groups is 1. The van der Waals surface area contributed by atoms with E-state index in [9.17, 15) is 4.79 Å². The number of amides is 1. The van der Waals surface area contributed by atoms with Crippen LogP contribution in [-0.4, -0.2) is 24.9 Å². The third-order valence-corrected chi connectivity index (χ3v) is 1.90. The van der Waals surface area contributed by atoms with E-state index in [2.05, 4.69) is 19.9 Å². The molecular formula is C12H21NO. The van der Waals surface area contributed by atoms with Crippen molar-refractivity contribution in [3.05, 3.63) is 23.3 Å². The van der Waals surface area contributed by atoms with Crippen LogP contribution in [0.5, 0.6) is 0 Å². The van der Waals surface area contributed by atoms with E-state index in [-0.39, 0.29) is 5.91 Å². The van der Waals surface area contributed by atoms with Gasteiger partial charge in [-0.05, 0) is 33.6 Å².